The summed E-state index contributed by atoms with van der Waals surface area (Å²) in [5.41, 5.74) is 0.443. The average Bonchev–Trinajstić information content (AvgIpc) is 2.73. The number of ether oxygens (including phenoxy) is 2. The molecule has 1 amide bonds. The molecule has 0 aromatic carbocycles. The minimum Gasteiger partial charge on any atom is -0.478 e. The average molecular weight is 387 g/mol. The minimum atomic E-state index is -0.254. The van der Waals surface area contributed by atoms with Gasteiger partial charge in [0.1, 0.15) is 0 Å². The molecule has 28 heavy (non-hydrogen) atoms. The van der Waals surface area contributed by atoms with Gasteiger partial charge in [0.15, 0.2) is 5.82 Å². The molecule has 0 bridgehead atoms. The molecule has 0 atom stereocenters. The van der Waals surface area contributed by atoms with Crippen LogP contribution in [0.15, 0.2) is 18.3 Å². The number of nitrogens with one attached hydrogen (secondary N) is 1. The van der Waals surface area contributed by atoms with Crippen LogP contribution in [0.25, 0.3) is 0 Å². The molecule has 10 nitrogen and oxygen atoms in total. The van der Waals surface area contributed by atoms with Crippen molar-refractivity contribution in [2.75, 3.05) is 56.8 Å². The fourth-order valence-corrected chi connectivity index (χ4v) is 2.59. The highest BCUT2D eigenvalue weighted by atomic mass is 16.5. The van der Waals surface area contributed by atoms with Crippen molar-refractivity contribution in [3.8, 4) is 5.88 Å². The number of pyridine rings is 1. The Hall–Kier alpha value is -3.01. The molecular weight excluding hydrogens is 362 g/mol. The van der Waals surface area contributed by atoms with Crippen molar-refractivity contribution >= 4 is 17.8 Å². The van der Waals surface area contributed by atoms with Gasteiger partial charge in [-0.15, -0.1) is 0 Å². The summed E-state index contributed by atoms with van der Waals surface area (Å²) >= 11 is 0. The van der Waals surface area contributed by atoms with Gasteiger partial charge in [0.2, 0.25) is 17.8 Å². The monoisotopic (exact) mass is 387 g/mol. The highest BCUT2D eigenvalue weighted by Gasteiger charge is 2.17. The largest absolute Gasteiger partial charge is 0.478 e. The van der Waals surface area contributed by atoms with E-state index in [-0.39, 0.29) is 12.5 Å². The molecule has 0 saturated carbocycles. The molecule has 1 aliphatic heterocycles. The standard InChI is InChI=1S/C18H25N7O3/c1-4-28-15-6-5-13(11-19-15)16(26)20-12-14-21-17(24(2)3)23-18(22-14)25-7-9-27-10-8-25/h5-6,11H,4,7-10,12H2,1-3H3,(H,20,26). The van der Waals surface area contributed by atoms with E-state index < -0.39 is 0 Å². The van der Waals surface area contributed by atoms with Gasteiger partial charge in [0, 0.05) is 39.4 Å². The number of rotatable bonds is 7. The van der Waals surface area contributed by atoms with Crippen LogP contribution in [0, 0.1) is 0 Å². The molecule has 1 aliphatic rings. The summed E-state index contributed by atoms with van der Waals surface area (Å²) < 4.78 is 10.7. The lowest BCUT2D eigenvalue weighted by Crippen LogP contribution is -2.38. The summed E-state index contributed by atoms with van der Waals surface area (Å²) in [5, 5.41) is 2.83. The van der Waals surface area contributed by atoms with Crippen molar-refractivity contribution in [1.29, 1.82) is 0 Å². The predicted octanol–water partition coefficient (Wildman–Crippen LogP) is 0.498. The van der Waals surface area contributed by atoms with Gasteiger partial charge in [0.05, 0.1) is 31.9 Å². The molecule has 150 valence electrons. The lowest BCUT2D eigenvalue weighted by Gasteiger charge is -2.27. The van der Waals surface area contributed by atoms with E-state index in [1.165, 1.54) is 6.20 Å². The Morgan fingerprint density at radius 2 is 2.04 bits per heavy atom. The third-order valence-corrected chi connectivity index (χ3v) is 4.05. The van der Waals surface area contributed by atoms with E-state index in [0.717, 1.165) is 13.1 Å². The number of aromatic nitrogens is 4. The third-order valence-electron chi connectivity index (χ3n) is 4.05. The molecule has 3 heterocycles. The zero-order chi connectivity index (χ0) is 19.9. The van der Waals surface area contributed by atoms with Crippen molar-refractivity contribution in [3.63, 3.8) is 0 Å². The second-order valence-electron chi connectivity index (χ2n) is 6.35. The molecule has 3 rings (SSSR count). The van der Waals surface area contributed by atoms with Gasteiger partial charge in [-0.05, 0) is 13.0 Å². The summed E-state index contributed by atoms with van der Waals surface area (Å²) in [7, 11) is 3.73. The Kier molecular flexibility index (Phi) is 6.53. The number of carbonyl (C=O) groups is 1. The molecule has 0 radical (unpaired) electrons. The molecule has 2 aromatic rings. The molecule has 0 aliphatic carbocycles. The zero-order valence-corrected chi connectivity index (χ0v) is 16.4. The normalized spacial score (nSPS) is 13.9. The second kappa shape index (κ2) is 9.27. The van der Waals surface area contributed by atoms with Gasteiger partial charge in [-0.3, -0.25) is 4.79 Å². The predicted molar refractivity (Wildman–Crippen MR) is 104 cm³/mol. The van der Waals surface area contributed by atoms with Crippen LogP contribution in [0.5, 0.6) is 5.88 Å². The van der Waals surface area contributed by atoms with Gasteiger partial charge in [-0.2, -0.15) is 15.0 Å². The Morgan fingerprint density at radius 1 is 1.25 bits per heavy atom. The van der Waals surface area contributed by atoms with E-state index in [9.17, 15) is 4.79 Å². The summed E-state index contributed by atoms with van der Waals surface area (Å²) in [6.45, 7) is 5.31. The van der Waals surface area contributed by atoms with Crippen LogP contribution in [0.4, 0.5) is 11.9 Å². The van der Waals surface area contributed by atoms with E-state index in [1.807, 2.05) is 25.9 Å². The van der Waals surface area contributed by atoms with Gasteiger partial charge in [-0.25, -0.2) is 4.98 Å². The number of hydrogen-bond donors (Lipinski definition) is 1. The Bertz CT molecular complexity index is 792. The topological polar surface area (TPSA) is 106 Å². The smallest absolute Gasteiger partial charge is 0.253 e. The fraction of sp³-hybridized carbons (Fsp3) is 0.500. The van der Waals surface area contributed by atoms with Crippen LogP contribution < -0.4 is 19.9 Å². The van der Waals surface area contributed by atoms with Gasteiger partial charge < -0.3 is 24.6 Å². The van der Waals surface area contributed by atoms with Crippen LogP contribution in [0.2, 0.25) is 0 Å². The first-order chi connectivity index (χ1) is 13.6. The van der Waals surface area contributed by atoms with Crippen LogP contribution in [-0.4, -0.2) is 72.8 Å². The van der Waals surface area contributed by atoms with Gasteiger partial charge in [0.25, 0.3) is 5.91 Å². The first-order valence-corrected chi connectivity index (χ1v) is 9.19. The van der Waals surface area contributed by atoms with Crippen LogP contribution in [-0.2, 0) is 11.3 Å². The molecule has 1 saturated heterocycles. The highest BCUT2D eigenvalue weighted by Crippen LogP contribution is 2.14. The quantitative estimate of drug-likeness (QED) is 0.727. The SMILES string of the molecule is CCOc1ccc(C(=O)NCc2nc(N(C)C)nc(N3CCOCC3)n2)cn1. The Balaban J connectivity index is 1.70. The Labute approximate surface area is 163 Å². The van der Waals surface area contributed by atoms with Crippen molar-refractivity contribution in [2.45, 2.75) is 13.5 Å². The van der Waals surface area contributed by atoms with Crippen molar-refractivity contribution in [1.82, 2.24) is 25.3 Å². The maximum absolute atomic E-state index is 12.4. The van der Waals surface area contributed by atoms with E-state index in [0.29, 0.717) is 49.0 Å². The summed E-state index contributed by atoms with van der Waals surface area (Å²) in [5.74, 6) is 1.86. The van der Waals surface area contributed by atoms with Gasteiger partial charge >= 0.3 is 0 Å². The van der Waals surface area contributed by atoms with Crippen LogP contribution in [0.1, 0.15) is 23.1 Å². The van der Waals surface area contributed by atoms with Crippen LogP contribution in [0.3, 0.4) is 0 Å². The molecular formula is C18H25N7O3. The summed E-state index contributed by atoms with van der Waals surface area (Å²) in [6, 6.07) is 3.34. The molecule has 10 heteroatoms. The van der Waals surface area contributed by atoms with E-state index in [2.05, 4.69) is 30.2 Å². The number of nitrogens with zero attached hydrogens (tertiary/aromatic N) is 6. The number of amides is 1. The van der Waals surface area contributed by atoms with Crippen molar-refractivity contribution in [2.24, 2.45) is 0 Å². The highest BCUT2D eigenvalue weighted by molar-refractivity contribution is 5.93. The van der Waals surface area contributed by atoms with Crippen molar-refractivity contribution in [3.05, 3.63) is 29.7 Å². The first kappa shape index (κ1) is 19.7. The molecule has 0 unspecified atom stereocenters. The lowest BCUT2D eigenvalue weighted by atomic mass is 10.2. The van der Waals surface area contributed by atoms with Crippen molar-refractivity contribution < 1.29 is 14.3 Å². The molecule has 2 aromatic heterocycles. The van der Waals surface area contributed by atoms with E-state index in [4.69, 9.17) is 9.47 Å². The Morgan fingerprint density at radius 3 is 2.68 bits per heavy atom. The minimum absolute atomic E-state index is 0.187. The maximum atomic E-state index is 12.4. The zero-order valence-electron chi connectivity index (χ0n) is 16.4. The van der Waals surface area contributed by atoms with E-state index >= 15 is 0 Å². The molecule has 0 spiro atoms. The summed E-state index contributed by atoms with van der Waals surface area (Å²) in [4.78, 5) is 33.8. The van der Waals surface area contributed by atoms with Gasteiger partial charge in [-0.1, -0.05) is 0 Å². The fourth-order valence-electron chi connectivity index (χ4n) is 2.59. The maximum Gasteiger partial charge on any atom is 0.253 e. The number of anilines is 2. The lowest BCUT2D eigenvalue weighted by molar-refractivity contribution is 0.0949. The summed E-state index contributed by atoms with van der Waals surface area (Å²) in [6.07, 6.45) is 1.48. The molecule has 1 N–H and O–H groups in total. The molecule has 1 fully saturated rings. The third kappa shape index (κ3) is 5.03. The first-order valence-electron chi connectivity index (χ1n) is 9.19. The number of morpholine rings is 1. The number of hydrogen-bond acceptors (Lipinski definition) is 9. The second-order valence-corrected chi connectivity index (χ2v) is 6.35. The van der Waals surface area contributed by atoms with Crippen LogP contribution >= 0.6 is 0 Å². The number of carbonyl (C=O) groups excluding carboxylic acids is 1. The van der Waals surface area contributed by atoms with E-state index in [1.54, 1.807) is 12.1 Å².